The topological polar surface area (TPSA) is 93.8 Å². The summed E-state index contributed by atoms with van der Waals surface area (Å²) in [4.78, 5) is 2.96. The third-order valence-electron chi connectivity index (χ3n) is 7.19. The minimum Gasteiger partial charge on any atom is -0.503 e. The molecule has 0 atom stereocenters. The van der Waals surface area contributed by atoms with E-state index in [2.05, 4.69) is 15.2 Å². The Morgan fingerprint density at radius 1 is 0.698 bits per heavy atom. The molecule has 0 spiro atoms. The van der Waals surface area contributed by atoms with Gasteiger partial charge in [-0.3, -0.25) is 0 Å². The number of hydrogen-bond acceptors (Lipinski definition) is 4. The van der Waals surface area contributed by atoms with Gasteiger partial charge in [0.15, 0.2) is 5.88 Å². The molecule has 3 N–H and O–H groups in total. The monoisotopic (exact) mass is 582 g/mol. The second kappa shape index (κ2) is 12.1. The van der Waals surface area contributed by atoms with Gasteiger partial charge in [0.05, 0.1) is 5.70 Å². The van der Waals surface area contributed by atoms with Crippen molar-refractivity contribution in [2.24, 2.45) is 10.2 Å². The molecule has 0 aliphatic heterocycles. The first-order chi connectivity index (χ1) is 21.0. The molecule has 8 heteroatoms. The zero-order valence-corrected chi connectivity index (χ0v) is 24.0. The lowest BCUT2D eigenvalue weighted by atomic mass is 10.1. The van der Waals surface area contributed by atoms with Crippen LogP contribution in [0, 0.1) is 11.2 Å². The highest BCUT2D eigenvalue weighted by molar-refractivity contribution is 7.07. The maximum absolute atomic E-state index is 13.8. The predicted molar refractivity (Wildman–Crippen MR) is 172 cm³/mol. The lowest BCUT2D eigenvalue weighted by Crippen LogP contribution is -2.69. The van der Waals surface area contributed by atoms with Crippen LogP contribution in [-0.2, 0) is 4.43 Å². The van der Waals surface area contributed by atoms with Gasteiger partial charge in [-0.25, -0.2) is 9.80 Å². The van der Waals surface area contributed by atoms with Crippen LogP contribution in [0.4, 0.5) is 4.39 Å². The van der Waals surface area contributed by atoms with Gasteiger partial charge in [0.2, 0.25) is 0 Å². The van der Waals surface area contributed by atoms with Gasteiger partial charge in [0, 0.05) is 22.0 Å². The fourth-order valence-electron chi connectivity index (χ4n) is 5.18. The number of azo groups is 1. The molecule has 6 aromatic rings. The minimum atomic E-state index is -3.25. The maximum Gasteiger partial charge on any atom is 0.350 e. The third-order valence-corrected chi connectivity index (χ3v) is 11.1. The number of halogens is 1. The zero-order valence-electron chi connectivity index (χ0n) is 23.0. The van der Waals surface area contributed by atoms with Crippen molar-refractivity contribution < 1.29 is 13.9 Å². The van der Waals surface area contributed by atoms with Crippen molar-refractivity contribution in [1.29, 1.82) is 5.41 Å². The van der Waals surface area contributed by atoms with Crippen LogP contribution in [0.25, 0.3) is 22.7 Å². The summed E-state index contributed by atoms with van der Waals surface area (Å²) in [6.45, 7) is 0. The van der Waals surface area contributed by atoms with Gasteiger partial charge >= 0.3 is 14.3 Å². The van der Waals surface area contributed by atoms with Crippen molar-refractivity contribution in [3.63, 3.8) is 0 Å². The fourth-order valence-corrected chi connectivity index (χ4v) is 8.85. The quantitative estimate of drug-likeness (QED) is 0.0652. The Bertz CT molecular complexity index is 1830. The summed E-state index contributed by atoms with van der Waals surface area (Å²) < 4.78 is 20.5. The van der Waals surface area contributed by atoms with Crippen LogP contribution in [-0.4, -0.2) is 24.4 Å². The number of aromatic amines is 1. The highest BCUT2D eigenvalue weighted by Crippen LogP contribution is 2.32. The van der Waals surface area contributed by atoms with Crippen LogP contribution in [0.1, 0.15) is 11.1 Å². The molecule has 0 radical (unpaired) electrons. The second-order valence-corrected chi connectivity index (χ2v) is 13.2. The molecule has 1 heterocycles. The van der Waals surface area contributed by atoms with Crippen molar-refractivity contribution in [2.45, 2.75) is 0 Å². The number of nitrogens with one attached hydrogen (secondary N) is 2. The summed E-state index contributed by atoms with van der Waals surface area (Å²) in [6.07, 6.45) is 1.66. The first kappa shape index (κ1) is 27.6. The average molecular weight is 583 g/mol. The van der Waals surface area contributed by atoms with E-state index in [9.17, 15) is 9.50 Å². The van der Waals surface area contributed by atoms with Gasteiger partial charge in [-0.05, 0) is 52.0 Å². The molecule has 1 aromatic heterocycles. The first-order valence-corrected chi connectivity index (χ1v) is 15.6. The molecule has 0 bridgehead atoms. The maximum atomic E-state index is 13.8. The van der Waals surface area contributed by atoms with E-state index in [0.717, 1.165) is 26.5 Å². The van der Waals surface area contributed by atoms with Gasteiger partial charge in [0.1, 0.15) is 5.82 Å². The molecule has 5 aromatic carbocycles. The highest BCUT2D eigenvalue weighted by Gasteiger charge is 2.44. The molecule has 0 aliphatic carbocycles. The standard InChI is InChI=1S/C35H27FN4O2Si/c36-26-22-20-25(21-23-26)33(24-31-30-18-10-11-19-32(30)38-34(31)41)39-40-35(37)42-43(27-12-4-1-5-13-27,28-14-6-2-7-15-28)29-16-8-3-9-17-29/h1-24,37-38,41H/b33-24-,37-35?,40-39?. The van der Waals surface area contributed by atoms with Crippen LogP contribution >= 0.6 is 0 Å². The number of amidine groups is 1. The van der Waals surface area contributed by atoms with Crippen molar-refractivity contribution in [3.05, 3.63) is 156 Å². The molecule has 6 nitrogen and oxygen atoms in total. The minimum absolute atomic E-state index is 0.0361. The molecule has 0 amide bonds. The number of aromatic hydroxyl groups is 1. The molecular formula is C35H27FN4O2Si. The van der Waals surface area contributed by atoms with Crippen LogP contribution in [0.5, 0.6) is 5.88 Å². The Labute approximate surface area is 249 Å². The zero-order chi connectivity index (χ0) is 29.6. The fraction of sp³-hybridized carbons (Fsp3) is 0. The van der Waals surface area contributed by atoms with Gasteiger partial charge in [-0.2, -0.15) is 0 Å². The molecule has 6 rings (SSSR count). The SMILES string of the molecule is N=C(N=N/C(=C\c1c(O)[nH]c2ccccc12)c1ccc(F)cc1)O[Si](c1ccccc1)(c1ccccc1)c1ccccc1. The Hall–Kier alpha value is -5.60. The Kier molecular flexibility index (Phi) is 7.75. The summed E-state index contributed by atoms with van der Waals surface area (Å²) in [5, 5.41) is 31.9. The van der Waals surface area contributed by atoms with Crippen molar-refractivity contribution in [2.75, 3.05) is 0 Å². The molecule has 0 saturated carbocycles. The van der Waals surface area contributed by atoms with Crippen molar-refractivity contribution in [1.82, 2.24) is 4.98 Å². The number of rotatable bonds is 7. The molecular weight excluding hydrogens is 555 g/mol. The summed E-state index contributed by atoms with van der Waals surface area (Å²) in [7, 11) is -3.25. The molecule has 43 heavy (non-hydrogen) atoms. The first-order valence-electron chi connectivity index (χ1n) is 13.7. The van der Waals surface area contributed by atoms with Crippen LogP contribution in [0.15, 0.2) is 150 Å². The van der Waals surface area contributed by atoms with Gasteiger partial charge in [-0.1, -0.05) is 114 Å². The molecule has 210 valence electrons. The largest absolute Gasteiger partial charge is 0.503 e. The van der Waals surface area contributed by atoms with E-state index < -0.39 is 14.1 Å². The van der Waals surface area contributed by atoms with Crippen molar-refractivity contribution in [3.8, 4) is 5.88 Å². The number of nitrogens with zero attached hydrogens (tertiary/aromatic N) is 2. The number of para-hydroxylation sites is 1. The normalized spacial score (nSPS) is 12.1. The number of fused-ring (bicyclic) bond motifs is 1. The number of benzene rings is 5. The van der Waals surface area contributed by atoms with Crippen LogP contribution < -0.4 is 15.6 Å². The second-order valence-electron chi connectivity index (χ2n) is 9.86. The van der Waals surface area contributed by atoms with E-state index >= 15 is 0 Å². The number of aromatic nitrogens is 1. The highest BCUT2D eigenvalue weighted by atomic mass is 28.4. The van der Waals surface area contributed by atoms with E-state index in [-0.39, 0.29) is 11.9 Å². The Balaban J connectivity index is 1.45. The predicted octanol–water partition coefficient (Wildman–Crippen LogP) is 6.58. The summed E-state index contributed by atoms with van der Waals surface area (Å²) >= 11 is 0. The molecule has 0 fully saturated rings. The smallest absolute Gasteiger partial charge is 0.350 e. The average Bonchev–Trinajstić information content (AvgIpc) is 3.38. The molecule has 0 unspecified atom stereocenters. The van der Waals surface area contributed by atoms with Crippen LogP contribution in [0.3, 0.4) is 0 Å². The van der Waals surface area contributed by atoms with Crippen molar-refractivity contribution >= 4 is 52.6 Å². The lowest BCUT2D eigenvalue weighted by Gasteiger charge is -2.32. The van der Waals surface area contributed by atoms with E-state index in [1.165, 1.54) is 12.1 Å². The summed E-state index contributed by atoms with van der Waals surface area (Å²) in [5.74, 6) is -0.429. The van der Waals surface area contributed by atoms with E-state index in [4.69, 9.17) is 9.84 Å². The van der Waals surface area contributed by atoms with E-state index in [1.807, 2.05) is 115 Å². The number of H-pyrrole nitrogens is 1. The third kappa shape index (κ3) is 5.64. The number of hydrogen-bond donors (Lipinski definition) is 3. The lowest BCUT2D eigenvalue weighted by molar-refractivity contribution is 0.457. The summed E-state index contributed by atoms with van der Waals surface area (Å²) in [6, 6.07) is 42.6. The van der Waals surface area contributed by atoms with Crippen LogP contribution in [0.2, 0.25) is 0 Å². The molecule has 0 aliphatic rings. The van der Waals surface area contributed by atoms with Gasteiger partial charge < -0.3 is 14.5 Å². The van der Waals surface area contributed by atoms with Gasteiger partial charge in [0.25, 0.3) is 0 Å². The summed E-state index contributed by atoms with van der Waals surface area (Å²) in [5.41, 5.74) is 2.13. The Morgan fingerprint density at radius 2 is 1.21 bits per heavy atom. The Morgan fingerprint density at radius 3 is 1.77 bits per heavy atom. The van der Waals surface area contributed by atoms with Gasteiger partial charge in [-0.15, -0.1) is 5.11 Å². The van der Waals surface area contributed by atoms with E-state index in [0.29, 0.717) is 16.8 Å². The molecule has 0 saturated heterocycles. The van der Waals surface area contributed by atoms with E-state index in [1.54, 1.807) is 18.2 Å².